The van der Waals surface area contributed by atoms with Gasteiger partial charge in [0.1, 0.15) is 0 Å². The van der Waals surface area contributed by atoms with Crippen LogP contribution in [-0.4, -0.2) is 36.4 Å². The van der Waals surface area contributed by atoms with E-state index in [0.29, 0.717) is 12.5 Å². The molecule has 5 nitrogen and oxygen atoms in total. The molecule has 0 aromatic heterocycles. The summed E-state index contributed by atoms with van der Waals surface area (Å²) in [5, 5.41) is 3.19. The Bertz CT molecular complexity index is 578. The summed E-state index contributed by atoms with van der Waals surface area (Å²) in [7, 11) is 0. The maximum Gasteiger partial charge on any atom is 0.253 e. The second-order valence-electron chi connectivity index (χ2n) is 6.93. The van der Waals surface area contributed by atoms with Gasteiger partial charge in [-0.25, -0.2) is 4.99 Å². The number of nitrogens with two attached hydrogens (primary N) is 1. The Kier molecular flexibility index (Phi) is 7.99. The summed E-state index contributed by atoms with van der Waals surface area (Å²) in [5.74, 6) is 1.42. The van der Waals surface area contributed by atoms with Gasteiger partial charge >= 0.3 is 0 Å². The fraction of sp³-hybridized carbons (Fsp3) is 0.579. The van der Waals surface area contributed by atoms with Crippen molar-refractivity contribution >= 4 is 35.8 Å². The maximum atomic E-state index is 12.4. The molecule has 3 N–H and O–H groups in total. The van der Waals surface area contributed by atoms with Gasteiger partial charge in [-0.1, -0.05) is 18.6 Å². The van der Waals surface area contributed by atoms with Crippen LogP contribution in [0.1, 0.15) is 54.4 Å². The summed E-state index contributed by atoms with van der Waals surface area (Å²) < 4.78 is 0. The zero-order chi connectivity index (χ0) is 16.8. The van der Waals surface area contributed by atoms with Gasteiger partial charge in [-0.05, 0) is 55.7 Å². The highest BCUT2D eigenvalue weighted by Gasteiger charge is 2.18. The number of likely N-dealkylation sites (tertiary alicyclic amines) is 1. The van der Waals surface area contributed by atoms with E-state index in [1.807, 2.05) is 29.2 Å². The van der Waals surface area contributed by atoms with Crippen molar-refractivity contribution in [3.63, 3.8) is 0 Å². The molecule has 2 aliphatic rings. The number of rotatable bonds is 5. The molecule has 1 aliphatic heterocycles. The Hall–Kier alpha value is -1.31. The highest BCUT2D eigenvalue weighted by atomic mass is 127. The zero-order valence-corrected chi connectivity index (χ0v) is 17.1. The number of aliphatic imine (C=N–C) groups is 1. The van der Waals surface area contributed by atoms with E-state index < -0.39 is 0 Å². The second-order valence-corrected chi connectivity index (χ2v) is 6.93. The van der Waals surface area contributed by atoms with Crippen LogP contribution in [0.3, 0.4) is 0 Å². The van der Waals surface area contributed by atoms with Crippen LogP contribution in [0.15, 0.2) is 29.3 Å². The standard InChI is InChI=1S/C19H28N4O.HI/c20-19(21-13-15-5-4-6-15)22-14-16-7-9-17(10-8-16)18(24)23-11-2-1-3-12-23;/h7-10,15H,1-6,11-14H2,(H3,20,21,22);1H. The van der Waals surface area contributed by atoms with Crippen molar-refractivity contribution in [3.05, 3.63) is 35.4 Å². The van der Waals surface area contributed by atoms with Crippen LogP contribution < -0.4 is 11.1 Å². The van der Waals surface area contributed by atoms with Gasteiger partial charge in [0.2, 0.25) is 0 Å². The van der Waals surface area contributed by atoms with Crippen LogP contribution >= 0.6 is 24.0 Å². The van der Waals surface area contributed by atoms with Gasteiger partial charge in [-0.3, -0.25) is 4.79 Å². The van der Waals surface area contributed by atoms with Gasteiger partial charge in [0.25, 0.3) is 5.91 Å². The Morgan fingerprint density at radius 3 is 2.40 bits per heavy atom. The molecule has 1 saturated heterocycles. The van der Waals surface area contributed by atoms with E-state index in [0.717, 1.165) is 49.5 Å². The highest BCUT2D eigenvalue weighted by Crippen LogP contribution is 2.25. The first-order chi connectivity index (χ1) is 11.7. The molecule has 1 aromatic carbocycles. The van der Waals surface area contributed by atoms with Gasteiger partial charge in [0.15, 0.2) is 5.96 Å². The molecule has 1 heterocycles. The number of halogens is 1. The SMILES string of the molecule is I.NC(=NCc1ccc(C(=O)N2CCCCC2)cc1)NCC1CCC1. The van der Waals surface area contributed by atoms with E-state index in [1.165, 1.54) is 25.7 Å². The van der Waals surface area contributed by atoms with Crippen LogP contribution in [0, 0.1) is 5.92 Å². The van der Waals surface area contributed by atoms with E-state index in [4.69, 9.17) is 5.73 Å². The van der Waals surface area contributed by atoms with Gasteiger partial charge in [0.05, 0.1) is 6.54 Å². The van der Waals surface area contributed by atoms with E-state index in [1.54, 1.807) is 0 Å². The van der Waals surface area contributed by atoms with E-state index in [9.17, 15) is 4.79 Å². The number of hydrogen-bond acceptors (Lipinski definition) is 2. The second kappa shape index (κ2) is 9.99. The topological polar surface area (TPSA) is 70.7 Å². The van der Waals surface area contributed by atoms with E-state index in [2.05, 4.69) is 10.3 Å². The van der Waals surface area contributed by atoms with Crippen LogP contribution in [0.5, 0.6) is 0 Å². The van der Waals surface area contributed by atoms with Crippen molar-refractivity contribution < 1.29 is 4.79 Å². The highest BCUT2D eigenvalue weighted by molar-refractivity contribution is 14.0. The number of hydrogen-bond donors (Lipinski definition) is 2. The molecule has 0 radical (unpaired) electrons. The minimum Gasteiger partial charge on any atom is -0.370 e. The summed E-state index contributed by atoms with van der Waals surface area (Å²) in [6.07, 6.45) is 7.40. The van der Waals surface area contributed by atoms with Crippen molar-refractivity contribution in [1.82, 2.24) is 10.2 Å². The fourth-order valence-corrected chi connectivity index (χ4v) is 3.21. The molecule has 1 aliphatic carbocycles. The summed E-state index contributed by atoms with van der Waals surface area (Å²) in [6, 6.07) is 7.75. The minimum atomic E-state index is 0. The molecule has 25 heavy (non-hydrogen) atoms. The lowest BCUT2D eigenvalue weighted by Crippen LogP contribution is -2.37. The zero-order valence-electron chi connectivity index (χ0n) is 14.7. The molecule has 3 rings (SSSR count). The van der Waals surface area contributed by atoms with Gasteiger partial charge in [0, 0.05) is 25.2 Å². The molecular formula is C19H29IN4O. The lowest BCUT2D eigenvalue weighted by Gasteiger charge is -2.26. The number of nitrogens with one attached hydrogen (secondary N) is 1. The lowest BCUT2D eigenvalue weighted by molar-refractivity contribution is 0.0724. The Morgan fingerprint density at radius 1 is 1.12 bits per heavy atom. The summed E-state index contributed by atoms with van der Waals surface area (Å²) in [6.45, 7) is 3.24. The maximum absolute atomic E-state index is 12.4. The molecule has 0 spiro atoms. The molecule has 138 valence electrons. The Balaban J connectivity index is 0.00000225. The molecule has 2 fully saturated rings. The summed E-state index contributed by atoms with van der Waals surface area (Å²) in [5.41, 5.74) is 7.74. The first-order valence-electron chi connectivity index (χ1n) is 9.14. The average Bonchev–Trinajstić information content (AvgIpc) is 2.59. The monoisotopic (exact) mass is 456 g/mol. The Morgan fingerprint density at radius 2 is 1.80 bits per heavy atom. The number of nitrogens with zero attached hydrogens (tertiary/aromatic N) is 2. The van der Waals surface area contributed by atoms with Crippen molar-refractivity contribution in [2.45, 2.75) is 45.1 Å². The molecular weight excluding hydrogens is 427 g/mol. The number of carbonyl (C=O) groups is 1. The Labute approximate surface area is 167 Å². The molecule has 0 atom stereocenters. The number of carbonyl (C=O) groups excluding carboxylic acids is 1. The van der Waals surface area contributed by atoms with E-state index in [-0.39, 0.29) is 29.9 Å². The third-order valence-electron chi connectivity index (χ3n) is 5.07. The smallest absolute Gasteiger partial charge is 0.253 e. The van der Waals surface area contributed by atoms with Crippen molar-refractivity contribution in [2.75, 3.05) is 19.6 Å². The van der Waals surface area contributed by atoms with Gasteiger partial charge in [-0.2, -0.15) is 0 Å². The molecule has 1 aromatic rings. The van der Waals surface area contributed by atoms with Crippen LogP contribution in [0.25, 0.3) is 0 Å². The average molecular weight is 456 g/mol. The van der Waals surface area contributed by atoms with Crippen molar-refractivity contribution in [2.24, 2.45) is 16.6 Å². The molecule has 6 heteroatoms. The fourth-order valence-electron chi connectivity index (χ4n) is 3.21. The third-order valence-corrected chi connectivity index (χ3v) is 5.07. The number of piperidine rings is 1. The lowest BCUT2D eigenvalue weighted by atomic mass is 9.85. The third kappa shape index (κ3) is 5.87. The minimum absolute atomic E-state index is 0. The number of benzene rings is 1. The predicted octanol–water partition coefficient (Wildman–Crippen LogP) is 3.14. The summed E-state index contributed by atoms with van der Waals surface area (Å²) >= 11 is 0. The quantitative estimate of drug-likeness (QED) is 0.407. The predicted molar refractivity (Wildman–Crippen MR) is 112 cm³/mol. The molecule has 1 saturated carbocycles. The first-order valence-corrected chi connectivity index (χ1v) is 9.14. The first kappa shape index (κ1) is 20.0. The van der Waals surface area contributed by atoms with E-state index >= 15 is 0 Å². The largest absolute Gasteiger partial charge is 0.370 e. The summed E-state index contributed by atoms with van der Waals surface area (Å²) in [4.78, 5) is 18.8. The molecule has 0 unspecified atom stereocenters. The van der Waals surface area contributed by atoms with Gasteiger partial charge < -0.3 is 16.0 Å². The molecule has 1 amide bonds. The molecule has 0 bridgehead atoms. The normalized spacial score (nSPS) is 18.2. The van der Waals surface area contributed by atoms with Crippen LogP contribution in [0.2, 0.25) is 0 Å². The number of guanidine groups is 1. The van der Waals surface area contributed by atoms with Gasteiger partial charge in [-0.15, -0.1) is 24.0 Å². The van der Waals surface area contributed by atoms with Crippen LogP contribution in [-0.2, 0) is 6.54 Å². The van der Waals surface area contributed by atoms with Crippen LogP contribution in [0.4, 0.5) is 0 Å². The number of amides is 1. The van der Waals surface area contributed by atoms with Crippen molar-refractivity contribution in [3.8, 4) is 0 Å². The van der Waals surface area contributed by atoms with Crippen molar-refractivity contribution in [1.29, 1.82) is 0 Å².